The lowest BCUT2D eigenvalue weighted by Gasteiger charge is -2.43. The van der Waals surface area contributed by atoms with E-state index in [2.05, 4.69) is 55.2 Å². The van der Waals surface area contributed by atoms with Crippen LogP contribution in [0.3, 0.4) is 0 Å². The number of aromatic nitrogens is 2. The van der Waals surface area contributed by atoms with Gasteiger partial charge in [0.05, 0.1) is 30.1 Å². The van der Waals surface area contributed by atoms with E-state index in [9.17, 15) is 4.79 Å². The van der Waals surface area contributed by atoms with Gasteiger partial charge in [0.15, 0.2) is 11.6 Å². The van der Waals surface area contributed by atoms with Crippen molar-refractivity contribution in [2.45, 2.75) is 58.5 Å². The normalized spacial score (nSPS) is 17.6. The van der Waals surface area contributed by atoms with Gasteiger partial charge in [0.25, 0.3) is 8.32 Å². The number of hydrogen-bond acceptors (Lipinski definition) is 6. The van der Waals surface area contributed by atoms with Crippen LogP contribution in [-0.2, 0) is 15.8 Å². The Morgan fingerprint density at radius 1 is 0.930 bits per heavy atom. The highest BCUT2D eigenvalue weighted by molar-refractivity contribution is 6.99. The van der Waals surface area contributed by atoms with Gasteiger partial charge in [-0.2, -0.15) is 5.10 Å². The summed E-state index contributed by atoms with van der Waals surface area (Å²) in [4.78, 5) is 15.2. The first-order chi connectivity index (χ1) is 20.5. The van der Waals surface area contributed by atoms with Crippen molar-refractivity contribution in [3.8, 4) is 0 Å². The fourth-order valence-corrected chi connectivity index (χ4v) is 10.7. The number of halogens is 2. The zero-order chi connectivity index (χ0) is 30.8. The predicted molar refractivity (Wildman–Crippen MR) is 166 cm³/mol. The minimum absolute atomic E-state index is 0.0410. The fourth-order valence-electron chi connectivity index (χ4n) is 6.15. The average molecular weight is 602 g/mol. The third kappa shape index (κ3) is 6.02. The molecule has 0 saturated carbocycles. The second kappa shape index (κ2) is 12.4. The molecule has 0 radical (unpaired) electrons. The molecule has 6 nitrogen and oxygen atoms in total. The summed E-state index contributed by atoms with van der Waals surface area (Å²) in [6.07, 6.45) is 1.02. The first-order valence-electron chi connectivity index (χ1n) is 14.5. The maximum Gasteiger partial charge on any atom is 0.261 e. The fraction of sp³-hybridized carbons (Fsp3) is 0.324. The number of anilines is 1. The van der Waals surface area contributed by atoms with Crippen LogP contribution in [0.5, 0.6) is 0 Å². The molecule has 3 aromatic carbocycles. The Kier molecular flexibility index (Phi) is 8.87. The summed E-state index contributed by atoms with van der Waals surface area (Å²) in [5.74, 6) is -3.05. The first-order valence-corrected chi connectivity index (χ1v) is 16.4. The average Bonchev–Trinajstić information content (AvgIpc) is 2.99. The highest BCUT2D eigenvalue weighted by Crippen LogP contribution is 2.39. The standard InChI is InChI=1S/C34H37F2N3O3Si/c1-23-20-39(21-24(2)42-23)32-25(19-28(30(35)31(32)36)33(40)29-17-12-18-37-38-29)22-41-43(34(3,4)5,26-13-8-6-9-14-26)27-15-10-7-11-16-27/h6-19,23-24H,20-22H2,1-5H3. The van der Waals surface area contributed by atoms with Gasteiger partial charge < -0.3 is 14.1 Å². The number of rotatable bonds is 8. The van der Waals surface area contributed by atoms with Crippen molar-refractivity contribution in [1.82, 2.24) is 10.2 Å². The van der Waals surface area contributed by atoms with Crippen LogP contribution in [0, 0.1) is 11.6 Å². The van der Waals surface area contributed by atoms with Gasteiger partial charge >= 0.3 is 0 Å². The molecular formula is C34H37F2N3O3Si. The summed E-state index contributed by atoms with van der Waals surface area (Å²) in [5, 5.41) is 9.37. The molecule has 0 N–H and O–H groups in total. The van der Waals surface area contributed by atoms with E-state index in [0.29, 0.717) is 18.7 Å². The molecule has 224 valence electrons. The van der Waals surface area contributed by atoms with E-state index in [1.165, 1.54) is 24.4 Å². The van der Waals surface area contributed by atoms with Gasteiger partial charge in [0.1, 0.15) is 5.69 Å². The molecule has 4 aromatic rings. The second-order valence-electron chi connectivity index (χ2n) is 12.1. The Morgan fingerprint density at radius 3 is 2.02 bits per heavy atom. The summed E-state index contributed by atoms with van der Waals surface area (Å²) < 4.78 is 45.1. The highest BCUT2D eigenvalue weighted by atomic mass is 28.4. The van der Waals surface area contributed by atoms with Crippen LogP contribution in [0.4, 0.5) is 14.5 Å². The SMILES string of the molecule is CC1CN(c2c(CO[Si](c3ccccc3)(c3ccccc3)C(C)(C)C)cc(C(=O)c3cccnn3)c(F)c2F)CC(C)O1. The maximum absolute atomic E-state index is 16.2. The van der Waals surface area contributed by atoms with Gasteiger partial charge in [-0.3, -0.25) is 4.79 Å². The maximum atomic E-state index is 16.2. The molecule has 1 saturated heterocycles. The second-order valence-corrected chi connectivity index (χ2v) is 16.4. The van der Waals surface area contributed by atoms with Crippen LogP contribution >= 0.6 is 0 Å². The molecule has 1 aliphatic rings. The monoisotopic (exact) mass is 601 g/mol. The van der Waals surface area contributed by atoms with E-state index in [0.717, 1.165) is 10.4 Å². The van der Waals surface area contributed by atoms with E-state index >= 15 is 8.78 Å². The summed E-state index contributed by atoms with van der Waals surface area (Å²) in [7, 11) is -3.04. The summed E-state index contributed by atoms with van der Waals surface area (Å²) in [5.41, 5.74) is 0.00623. The lowest BCUT2D eigenvalue weighted by Crippen LogP contribution is -2.66. The molecule has 9 heteroatoms. The molecule has 2 atom stereocenters. The quantitative estimate of drug-likeness (QED) is 0.191. The Bertz CT molecular complexity index is 1520. The number of ketones is 1. The third-order valence-electron chi connectivity index (χ3n) is 7.91. The van der Waals surface area contributed by atoms with Crippen molar-refractivity contribution in [3.05, 3.63) is 114 Å². The molecule has 2 unspecified atom stereocenters. The topological polar surface area (TPSA) is 64.5 Å². The Morgan fingerprint density at radius 2 is 1.51 bits per heavy atom. The van der Waals surface area contributed by atoms with E-state index in [1.54, 1.807) is 4.90 Å². The van der Waals surface area contributed by atoms with Crippen LogP contribution in [0.1, 0.15) is 56.2 Å². The molecule has 1 fully saturated rings. The number of carbonyl (C=O) groups is 1. The number of ether oxygens (including phenoxy) is 1. The van der Waals surface area contributed by atoms with Crippen molar-refractivity contribution in [2.75, 3.05) is 18.0 Å². The number of hydrogen-bond donors (Lipinski definition) is 0. The van der Waals surface area contributed by atoms with Crippen molar-refractivity contribution in [3.63, 3.8) is 0 Å². The smallest absolute Gasteiger partial charge is 0.261 e. The van der Waals surface area contributed by atoms with Crippen molar-refractivity contribution in [1.29, 1.82) is 0 Å². The molecule has 0 amide bonds. The van der Waals surface area contributed by atoms with Crippen LogP contribution in [0.2, 0.25) is 5.04 Å². The molecule has 0 spiro atoms. The van der Waals surface area contributed by atoms with Gasteiger partial charge in [-0.15, -0.1) is 5.10 Å². The number of benzene rings is 3. The van der Waals surface area contributed by atoms with Crippen LogP contribution in [-0.4, -0.2) is 49.6 Å². The van der Waals surface area contributed by atoms with Crippen molar-refractivity contribution in [2.24, 2.45) is 0 Å². The number of morpholine rings is 1. The van der Waals surface area contributed by atoms with E-state index in [1.807, 2.05) is 50.2 Å². The van der Waals surface area contributed by atoms with Crippen molar-refractivity contribution < 1.29 is 22.7 Å². The van der Waals surface area contributed by atoms with E-state index < -0.39 is 31.3 Å². The van der Waals surface area contributed by atoms with Crippen LogP contribution in [0.15, 0.2) is 85.1 Å². The predicted octanol–water partition coefficient (Wildman–Crippen LogP) is 5.68. The Labute approximate surface area is 252 Å². The molecule has 43 heavy (non-hydrogen) atoms. The van der Waals surface area contributed by atoms with Gasteiger partial charge in [-0.25, -0.2) is 8.78 Å². The van der Waals surface area contributed by atoms with Gasteiger partial charge in [0, 0.05) is 24.8 Å². The minimum Gasteiger partial charge on any atom is -0.403 e. The van der Waals surface area contributed by atoms with Crippen molar-refractivity contribution >= 4 is 30.2 Å². The summed E-state index contributed by atoms with van der Waals surface area (Å²) in [6, 6.07) is 24.6. The number of nitrogens with zero attached hydrogens (tertiary/aromatic N) is 3. The Balaban J connectivity index is 1.68. The van der Waals surface area contributed by atoms with Crippen LogP contribution < -0.4 is 15.3 Å². The van der Waals surface area contributed by atoms with Crippen LogP contribution in [0.25, 0.3) is 0 Å². The molecule has 5 rings (SSSR count). The van der Waals surface area contributed by atoms with Gasteiger partial charge in [-0.05, 0) is 47.5 Å². The number of carbonyl (C=O) groups excluding carboxylic acids is 1. The Hall–Kier alpha value is -3.79. The first kappa shape index (κ1) is 30.7. The molecule has 2 heterocycles. The van der Waals surface area contributed by atoms with Gasteiger partial charge in [0.2, 0.25) is 5.78 Å². The highest BCUT2D eigenvalue weighted by Gasteiger charge is 2.50. The molecule has 0 aliphatic carbocycles. The largest absolute Gasteiger partial charge is 0.403 e. The van der Waals surface area contributed by atoms with E-state index in [4.69, 9.17) is 9.16 Å². The molecule has 0 bridgehead atoms. The molecular weight excluding hydrogens is 564 g/mol. The zero-order valence-corrected chi connectivity index (χ0v) is 26.2. The lowest BCUT2D eigenvalue weighted by atomic mass is 10.0. The summed E-state index contributed by atoms with van der Waals surface area (Å²) >= 11 is 0. The van der Waals surface area contributed by atoms with E-state index in [-0.39, 0.29) is 35.2 Å². The minimum atomic E-state index is -3.04. The zero-order valence-electron chi connectivity index (χ0n) is 25.2. The summed E-state index contributed by atoms with van der Waals surface area (Å²) in [6.45, 7) is 11.0. The molecule has 1 aromatic heterocycles. The third-order valence-corrected chi connectivity index (χ3v) is 12.9. The van der Waals surface area contributed by atoms with Gasteiger partial charge in [-0.1, -0.05) is 81.4 Å². The molecule has 1 aliphatic heterocycles. The lowest BCUT2D eigenvalue weighted by molar-refractivity contribution is -0.00553.